The van der Waals surface area contributed by atoms with Crippen molar-refractivity contribution in [1.29, 1.82) is 0 Å². The van der Waals surface area contributed by atoms with Gasteiger partial charge < -0.3 is 15.4 Å². The van der Waals surface area contributed by atoms with E-state index in [0.717, 1.165) is 12.8 Å². The molecule has 2 fully saturated rings. The fourth-order valence-corrected chi connectivity index (χ4v) is 6.25. The van der Waals surface area contributed by atoms with E-state index in [1.54, 1.807) is 48.7 Å². The largest absolute Gasteiger partial charge is 0.486 e. The first-order valence-electron chi connectivity index (χ1n) is 12.3. The maximum absolute atomic E-state index is 13.5. The van der Waals surface area contributed by atoms with E-state index < -0.39 is 10.0 Å². The molecule has 2 aromatic carbocycles. The molecule has 0 atom stereocenters. The lowest BCUT2D eigenvalue weighted by Crippen LogP contribution is -2.49. The second-order valence-electron chi connectivity index (χ2n) is 10.2. The van der Waals surface area contributed by atoms with Gasteiger partial charge in [-0.2, -0.15) is 14.1 Å². The molecule has 0 amide bonds. The van der Waals surface area contributed by atoms with Crippen LogP contribution in [0.4, 0.5) is 11.4 Å². The number of aromatic nitrogens is 2. The van der Waals surface area contributed by atoms with E-state index in [9.17, 15) is 13.2 Å². The first kappa shape index (κ1) is 26.8. The maximum atomic E-state index is 13.5. The topological polar surface area (TPSA) is 111 Å². The summed E-state index contributed by atoms with van der Waals surface area (Å²) in [4.78, 5) is 15.5. The molecule has 9 nitrogen and oxygen atoms in total. The Bertz CT molecular complexity index is 1520. The maximum Gasteiger partial charge on any atom is 0.316 e. The van der Waals surface area contributed by atoms with Gasteiger partial charge >= 0.3 is 5.56 Å². The Balaban J connectivity index is 1.36. The molecule has 2 N–H and O–H groups in total. The van der Waals surface area contributed by atoms with E-state index in [4.69, 9.17) is 33.7 Å². The normalized spacial score (nSPS) is 17.4. The summed E-state index contributed by atoms with van der Waals surface area (Å²) in [6.45, 7) is 3.85. The standard InChI is InChI=1S/C26H29Cl2N5O4S/c1-26(7-8-26)17-37-24-23(15-30-33(25(24)34)20-4-2-3-19(27)14-20)31-9-11-32(12-10-31)38(35,36)16-18-5-6-22(29)21(28)13-18/h2-6,13-15H,7-12,16-17,29H2,1H3. The van der Waals surface area contributed by atoms with Crippen LogP contribution in [-0.4, -0.2) is 55.3 Å². The van der Waals surface area contributed by atoms with Crippen molar-refractivity contribution in [2.24, 2.45) is 5.41 Å². The van der Waals surface area contributed by atoms with Gasteiger partial charge in [0.05, 0.1) is 35.0 Å². The Morgan fingerprint density at radius 3 is 2.47 bits per heavy atom. The zero-order valence-corrected chi connectivity index (χ0v) is 23.3. The van der Waals surface area contributed by atoms with Gasteiger partial charge in [-0.25, -0.2) is 8.42 Å². The number of rotatable bonds is 8. The number of benzene rings is 2. The molecular weight excluding hydrogens is 549 g/mol. The lowest BCUT2D eigenvalue weighted by atomic mass is 10.2. The number of piperazine rings is 1. The minimum atomic E-state index is -3.58. The summed E-state index contributed by atoms with van der Waals surface area (Å²) in [7, 11) is -3.58. The zero-order chi connectivity index (χ0) is 27.1. The number of nitrogen functional groups attached to an aromatic ring is 1. The van der Waals surface area contributed by atoms with Crippen LogP contribution in [0, 0.1) is 5.41 Å². The smallest absolute Gasteiger partial charge is 0.316 e. The summed E-state index contributed by atoms with van der Waals surface area (Å²) in [6, 6.07) is 11.8. The molecule has 5 rings (SSSR count). The summed E-state index contributed by atoms with van der Waals surface area (Å²) in [5.41, 5.74) is 7.49. The van der Waals surface area contributed by atoms with E-state index in [1.165, 1.54) is 8.99 Å². The first-order valence-corrected chi connectivity index (χ1v) is 14.7. The molecule has 38 heavy (non-hydrogen) atoms. The van der Waals surface area contributed by atoms with Crippen molar-refractivity contribution in [2.45, 2.75) is 25.5 Å². The lowest BCUT2D eigenvalue weighted by Gasteiger charge is -2.35. The van der Waals surface area contributed by atoms with Crippen LogP contribution in [-0.2, 0) is 15.8 Å². The fraction of sp³-hybridized carbons (Fsp3) is 0.385. The third-order valence-electron chi connectivity index (χ3n) is 7.02. The molecule has 2 heterocycles. The SMILES string of the molecule is CC1(COc2c(N3CCN(S(=O)(=O)Cc4ccc(N)c(Cl)c4)CC3)cnn(-c3cccc(Cl)c3)c2=O)CC1. The van der Waals surface area contributed by atoms with Crippen LogP contribution >= 0.6 is 23.2 Å². The molecule has 1 aliphatic carbocycles. The highest BCUT2D eigenvalue weighted by Crippen LogP contribution is 2.45. The number of anilines is 2. The van der Waals surface area contributed by atoms with Crippen LogP contribution in [0.25, 0.3) is 5.69 Å². The van der Waals surface area contributed by atoms with Gasteiger partial charge in [0.15, 0.2) is 0 Å². The van der Waals surface area contributed by atoms with Crippen LogP contribution in [0.2, 0.25) is 10.0 Å². The van der Waals surface area contributed by atoms with Crippen LogP contribution in [0.5, 0.6) is 5.75 Å². The number of hydrogen-bond donors (Lipinski definition) is 1. The molecule has 1 aromatic heterocycles. The van der Waals surface area contributed by atoms with Gasteiger partial charge in [0.2, 0.25) is 15.8 Å². The number of nitrogens with zero attached hydrogens (tertiary/aromatic N) is 4. The van der Waals surface area contributed by atoms with Crippen LogP contribution in [0.15, 0.2) is 53.5 Å². The third kappa shape index (κ3) is 5.78. The predicted molar refractivity (Wildman–Crippen MR) is 150 cm³/mol. The van der Waals surface area contributed by atoms with E-state index in [0.29, 0.717) is 52.4 Å². The van der Waals surface area contributed by atoms with Gasteiger partial charge in [-0.15, -0.1) is 0 Å². The summed E-state index contributed by atoms with van der Waals surface area (Å²) in [5, 5.41) is 5.21. The Morgan fingerprint density at radius 1 is 1.08 bits per heavy atom. The molecule has 0 radical (unpaired) electrons. The summed E-state index contributed by atoms with van der Waals surface area (Å²) in [5.74, 6) is 0.0397. The predicted octanol–water partition coefficient (Wildman–Crippen LogP) is 3.95. The molecule has 0 bridgehead atoms. The van der Waals surface area contributed by atoms with Crippen molar-refractivity contribution in [1.82, 2.24) is 14.1 Å². The summed E-state index contributed by atoms with van der Waals surface area (Å²) in [6.07, 6.45) is 3.70. The second-order valence-corrected chi connectivity index (χ2v) is 13.0. The average molecular weight is 579 g/mol. The highest BCUT2D eigenvalue weighted by molar-refractivity contribution is 7.88. The van der Waals surface area contributed by atoms with Gasteiger partial charge in [0.25, 0.3) is 0 Å². The molecule has 2 aliphatic rings. The van der Waals surface area contributed by atoms with E-state index in [-0.39, 0.29) is 35.6 Å². The van der Waals surface area contributed by atoms with Gasteiger partial charge in [-0.05, 0) is 48.7 Å². The number of hydrogen-bond acceptors (Lipinski definition) is 7. The monoisotopic (exact) mass is 577 g/mol. The van der Waals surface area contributed by atoms with Gasteiger partial charge in [0, 0.05) is 36.6 Å². The number of halogens is 2. The summed E-state index contributed by atoms with van der Waals surface area (Å²) >= 11 is 12.2. The zero-order valence-electron chi connectivity index (χ0n) is 20.9. The van der Waals surface area contributed by atoms with Crippen molar-refractivity contribution in [3.63, 3.8) is 0 Å². The highest BCUT2D eigenvalue weighted by Gasteiger charge is 2.39. The number of sulfonamides is 1. The highest BCUT2D eigenvalue weighted by atomic mass is 35.5. The number of ether oxygens (including phenoxy) is 1. The van der Waals surface area contributed by atoms with Gasteiger partial charge in [-0.3, -0.25) is 4.79 Å². The third-order valence-corrected chi connectivity index (χ3v) is 9.44. The molecule has 12 heteroatoms. The average Bonchev–Trinajstić information content (AvgIpc) is 3.62. The second kappa shape index (κ2) is 10.4. The fourth-order valence-electron chi connectivity index (χ4n) is 4.36. The van der Waals surface area contributed by atoms with Gasteiger partial charge in [-0.1, -0.05) is 42.3 Å². The first-order chi connectivity index (χ1) is 18.0. The lowest BCUT2D eigenvalue weighted by molar-refractivity contribution is 0.242. The van der Waals surface area contributed by atoms with E-state index in [2.05, 4.69) is 12.0 Å². The van der Waals surface area contributed by atoms with Crippen LogP contribution in [0.3, 0.4) is 0 Å². The molecule has 0 spiro atoms. The van der Waals surface area contributed by atoms with Crippen molar-refractivity contribution in [3.8, 4) is 11.4 Å². The van der Waals surface area contributed by atoms with Crippen molar-refractivity contribution in [3.05, 3.63) is 74.6 Å². The van der Waals surface area contributed by atoms with Crippen molar-refractivity contribution in [2.75, 3.05) is 43.4 Å². The molecule has 0 unspecified atom stereocenters. The van der Waals surface area contributed by atoms with Crippen LogP contribution < -0.4 is 20.9 Å². The van der Waals surface area contributed by atoms with Crippen molar-refractivity contribution >= 4 is 44.6 Å². The Labute approximate surface area is 231 Å². The molecule has 202 valence electrons. The van der Waals surface area contributed by atoms with Crippen molar-refractivity contribution < 1.29 is 13.2 Å². The molecule has 3 aromatic rings. The molecule has 1 saturated carbocycles. The Morgan fingerprint density at radius 2 is 1.82 bits per heavy atom. The van der Waals surface area contributed by atoms with Gasteiger partial charge in [0.1, 0.15) is 5.69 Å². The summed E-state index contributed by atoms with van der Waals surface area (Å²) < 4.78 is 35.1. The molecular formula is C26H29Cl2N5O4S. The minimum Gasteiger partial charge on any atom is -0.486 e. The number of nitrogens with two attached hydrogens (primary N) is 1. The quantitative estimate of drug-likeness (QED) is 0.403. The van der Waals surface area contributed by atoms with Crippen LogP contribution in [0.1, 0.15) is 25.3 Å². The van der Waals surface area contributed by atoms with E-state index in [1.807, 2.05) is 4.90 Å². The molecule has 1 saturated heterocycles. The van der Waals surface area contributed by atoms with E-state index >= 15 is 0 Å². The Kier molecular flexibility index (Phi) is 7.34. The Hall–Kier alpha value is -2.79. The minimum absolute atomic E-state index is 0.0612. The molecule has 1 aliphatic heterocycles.